The Kier molecular flexibility index (Phi) is 3.91. The van der Waals surface area contributed by atoms with Gasteiger partial charge in [0.2, 0.25) is 11.9 Å². The van der Waals surface area contributed by atoms with Crippen molar-refractivity contribution in [2.45, 2.75) is 12.8 Å². The zero-order valence-corrected chi connectivity index (χ0v) is 11.9. The Hall–Kier alpha value is -2.29. The molecule has 2 aromatic heterocycles. The van der Waals surface area contributed by atoms with E-state index in [1.807, 2.05) is 0 Å². The molecule has 1 atom stereocenters. The van der Waals surface area contributed by atoms with E-state index in [-0.39, 0.29) is 5.95 Å². The second kappa shape index (κ2) is 6.00. The second-order valence-corrected chi connectivity index (χ2v) is 5.04. The van der Waals surface area contributed by atoms with Crippen molar-refractivity contribution >= 4 is 11.9 Å². The van der Waals surface area contributed by atoms with Crippen molar-refractivity contribution in [2.24, 2.45) is 5.92 Å². The van der Waals surface area contributed by atoms with Gasteiger partial charge in [-0.2, -0.15) is 24.7 Å². The van der Waals surface area contributed by atoms with E-state index < -0.39 is 0 Å². The van der Waals surface area contributed by atoms with E-state index in [1.54, 1.807) is 7.11 Å². The summed E-state index contributed by atoms with van der Waals surface area (Å²) >= 11 is 0. The van der Waals surface area contributed by atoms with E-state index in [1.165, 1.54) is 17.3 Å². The van der Waals surface area contributed by atoms with Crippen LogP contribution in [0, 0.1) is 5.92 Å². The third-order valence-corrected chi connectivity index (χ3v) is 3.46. The van der Waals surface area contributed by atoms with Gasteiger partial charge in [-0.25, -0.2) is 4.98 Å². The Morgan fingerprint density at radius 2 is 2.19 bits per heavy atom. The van der Waals surface area contributed by atoms with Crippen LogP contribution in [0.1, 0.15) is 12.8 Å². The first-order valence-electron chi connectivity index (χ1n) is 6.86. The summed E-state index contributed by atoms with van der Waals surface area (Å²) in [5, 5.41) is 4.02. The number of piperidine rings is 1. The number of nitrogen functional groups attached to an aromatic ring is 1. The fraction of sp³-hybridized carbons (Fsp3) is 0.583. The van der Waals surface area contributed by atoms with Gasteiger partial charge >= 0.3 is 0 Å². The molecule has 0 saturated carbocycles. The molecular weight excluding hydrogens is 272 g/mol. The number of hydrogen-bond acceptors (Lipinski definition) is 8. The van der Waals surface area contributed by atoms with Crippen LogP contribution >= 0.6 is 0 Å². The van der Waals surface area contributed by atoms with Gasteiger partial charge in [0.15, 0.2) is 0 Å². The zero-order valence-electron chi connectivity index (χ0n) is 11.9. The molecule has 0 spiro atoms. The lowest BCUT2D eigenvalue weighted by atomic mass is 9.99. The predicted molar refractivity (Wildman–Crippen MR) is 76.0 cm³/mol. The van der Waals surface area contributed by atoms with E-state index in [9.17, 15) is 0 Å². The van der Waals surface area contributed by atoms with E-state index in [0.29, 0.717) is 17.8 Å². The minimum atomic E-state index is 0.180. The van der Waals surface area contributed by atoms with Crippen LogP contribution in [0.15, 0.2) is 12.7 Å². The van der Waals surface area contributed by atoms with Gasteiger partial charge in [0.05, 0.1) is 6.61 Å². The van der Waals surface area contributed by atoms with Gasteiger partial charge in [0.1, 0.15) is 12.7 Å². The summed E-state index contributed by atoms with van der Waals surface area (Å²) in [5.41, 5.74) is 5.79. The van der Waals surface area contributed by atoms with Crippen LogP contribution in [0.25, 0.3) is 5.95 Å². The fourth-order valence-corrected chi connectivity index (χ4v) is 2.54. The predicted octanol–water partition coefficient (Wildman–Crippen LogP) is -0.103. The number of aromatic nitrogens is 6. The normalized spacial score (nSPS) is 18.9. The van der Waals surface area contributed by atoms with Crippen molar-refractivity contribution in [2.75, 3.05) is 37.4 Å². The van der Waals surface area contributed by atoms with E-state index >= 15 is 0 Å². The van der Waals surface area contributed by atoms with E-state index in [2.05, 4.69) is 29.9 Å². The zero-order chi connectivity index (χ0) is 14.7. The molecule has 1 saturated heterocycles. The molecule has 2 N–H and O–H groups in total. The Labute approximate surface area is 122 Å². The van der Waals surface area contributed by atoms with Crippen LogP contribution in [-0.2, 0) is 4.74 Å². The van der Waals surface area contributed by atoms with Crippen LogP contribution in [-0.4, -0.2) is 56.5 Å². The topological polar surface area (TPSA) is 108 Å². The smallest absolute Gasteiger partial charge is 0.258 e. The maximum Gasteiger partial charge on any atom is 0.258 e. The highest BCUT2D eigenvalue weighted by molar-refractivity contribution is 5.38. The Bertz CT molecular complexity index is 585. The van der Waals surface area contributed by atoms with Crippen molar-refractivity contribution in [1.29, 1.82) is 0 Å². The van der Waals surface area contributed by atoms with Gasteiger partial charge in [0, 0.05) is 20.2 Å². The molecule has 3 rings (SSSR count). The van der Waals surface area contributed by atoms with Gasteiger partial charge in [-0.3, -0.25) is 0 Å². The van der Waals surface area contributed by atoms with Crippen molar-refractivity contribution in [1.82, 2.24) is 29.7 Å². The number of hydrogen-bond donors (Lipinski definition) is 1. The lowest BCUT2D eigenvalue weighted by Gasteiger charge is -2.32. The molecule has 0 radical (unpaired) electrons. The highest BCUT2D eigenvalue weighted by atomic mass is 16.5. The summed E-state index contributed by atoms with van der Waals surface area (Å²) in [6.07, 6.45) is 5.19. The summed E-state index contributed by atoms with van der Waals surface area (Å²) < 4.78 is 6.72. The molecule has 1 unspecified atom stereocenters. The quantitative estimate of drug-likeness (QED) is 0.831. The number of rotatable bonds is 4. The van der Waals surface area contributed by atoms with Gasteiger partial charge in [-0.15, -0.1) is 0 Å². The van der Waals surface area contributed by atoms with Crippen molar-refractivity contribution in [3.63, 3.8) is 0 Å². The summed E-state index contributed by atoms with van der Waals surface area (Å²) in [6.45, 7) is 2.50. The van der Waals surface area contributed by atoms with Crippen molar-refractivity contribution in [3.8, 4) is 5.95 Å². The Balaban J connectivity index is 1.84. The molecule has 0 amide bonds. The second-order valence-electron chi connectivity index (χ2n) is 5.04. The number of nitrogens with zero attached hydrogens (tertiary/aromatic N) is 7. The molecule has 1 aliphatic rings. The average Bonchev–Trinajstić information content (AvgIpc) is 3.01. The molecule has 0 bridgehead atoms. The first-order chi connectivity index (χ1) is 10.3. The highest BCUT2D eigenvalue weighted by Gasteiger charge is 2.22. The third kappa shape index (κ3) is 3.07. The molecule has 1 aliphatic heterocycles. The maximum absolute atomic E-state index is 5.79. The van der Waals surface area contributed by atoms with Crippen LogP contribution in [0.4, 0.5) is 11.9 Å². The molecule has 21 heavy (non-hydrogen) atoms. The van der Waals surface area contributed by atoms with Crippen LogP contribution in [0.2, 0.25) is 0 Å². The van der Waals surface area contributed by atoms with Crippen LogP contribution in [0.5, 0.6) is 0 Å². The van der Waals surface area contributed by atoms with Gasteiger partial charge in [0.25, 0.3) is 5.95 Å². The van der Waals surface area contributed by atoms with Crippen LogP contribution < -0.4 is 10.6 Å². The summed E-state index contributed by atoms with van der Waals surface area (Å²) in [5.74, 6) is 1.62. The van der Waals surface area contributed by atoms with Gasteiger partial charge in [-0.05, 0) is 18.8 Å². The summed E-state index contributed by atoms with van der Waals surface area (Å²) in [7, 11) is 1.72. The standard InChI is InChI=1S/C12H18N8O/c1-21-6-9-3-2-4-19(5-9)11-16-10(13)17-12(18-11)20-8-14-7-15-20/h7-9H,2-6H2,1H3,(H2,13,16,17,18). The fourth-order valence-electron chi connectivity index (χ4n) is 2.54. The molecule has 2 aromatic rings. The SMILES string of the molecule is COCC1CCCN(c2nc(N)nc(-n3cncn3)n2)C1. The molecule has 0 aliphatic carbocycles. The average molecular weight is 290 g/mol. The Morgan fingerprint density at radius 3 is 2.95 bits per heavy atom. The lowest BCUT2D eigenvalue weighted by Crippen LogP contribution is -2.38. The van der Waals surface area contributed by atoms with Gasteiger partial charge in [-0.1, -0.05) is 0 Å². The van der Waals surface area contributed by atoms with Crippen molar-refractivity contribution in [3.05, 3.63) is 12.7 Å². The number of methoxy groups -OCH3 is 1. The minimum absolute atomic E-state index is 0.180. The third-order valence-electron chi connectivity index (χ3n) is 3.46. The number of nitrogens with two attached hydrogens (primary N) is 1. The largest absolute Gasteiger partial charge is 0.384 e. The molecule has 9 heteroatoms. The number of ether oxygens (including phenoxy) is 1. The Morgan fingerprint density at radius 1 is 1.33 bits per heavy atom. The maximum atomic E-state index is 5.79. The molecule has 9 nitrogen and oxygen atoms in total. The van der Waals surface area contributed by atoms with Crippen molar-refractivity contribution < 1.29 is 4.74 Å². The molecular formula is C12H18N8O. The monoisotopic (exact) mass is 290 g/mol. The highest BCUT2D eigenvalue weighted by Crippen LogP contribution is 2.21. The molecule has 3 heterocycles. The summed E-state index contributed by atoms with van der Waals surface area (Å²) in [4.78, 5) is 18.8. The molecule has 1 fully saturated rings. The van der Waals surface area contributed by atoms with E-state index in [0.717, 1.165) is 32.5 Å². The molecule has 0 aromatic carbocycles. The minimum Gasteiger partial charge on any atom is -0.384 e. The first kappa shape index (κ1) is 13.7. The van der Waals surface area contributed by atoms with E-state index in [4.69, 9.17) is 10.5 Å². The first-order valence-corrected chi connectivity index (χ1v) is 6.86. The lowest BCUT2D eigenvalue weighted by molar-refractivity contribution is 0.143. The van der Waals surface area contributed by atoms with Crippen LogP contribution in [0.3, 0.4) is 0 Å². The summed E-state index contributed by atoms with van der Waals surface area (Å²) in [6, 6.07) is 0. The molecule has 112 valence electrons. The van der Waals surface area contributed by atoms with Gasteiger partial charge < -0.3 is 15.4 Å². The number of anilines is 2.